The van der Waals surface area contributed by atoms with Crippen molar-refractivity contribution in [3.63, 3.8) is 0 Å². The monoisotopic (exact) mass is 276 g/mol. The first kappa shape index (κ1) is 13.4. The molecule has 5 heteroatoms. The van der Waals surface area contributed by atoms with Crippen molar-refractivity contribution in [2.24, 2.45) is 0 Å². The van der Waals surface area contributed by atoms with E-state index in [1.54, 1.807) is 29.5 Å². The summed E-state index contributed by atoms with van der Waals surface area (Å²) in [5, 5.41) is 6.98. The topological polar surface area (TPSA) is 64.3 Å². The zero-order valence-corrected chi connectivity index (χ0v) is 11.5. The lowest BCUT2D eigenvalue weighted by Crippen LogP contribution is -2.26. The standard InChI is InChI=1S/C14H16N2O2S/c1-18-13-8-11(15)2-3-12(13)14(17)16-6-4-10-5-7-19-9-10/h2-3,5,7-9H,4,6,15H2,1H3,(H,16,17). The molecule has 4 nitrogen and oxygen atoms in total. The van der Waals surface area contributed by atoms with Crippen molar-refractivity contribution in [2.75, 3.05) is 19.4 Å². The molecule has 3 N–H and O–H groups in total. The molecule has 19 heavy (non-hydrogen) atoms. The Morgan fingerprint density at radius 2 is 2.26 bits per heavy atom. The molecule has 100 valence electrons. The van der Waals surface area contributed by atoms with Gasteiger partial charge in [0.2, 0.25) is 0 Å². The van der Waals surface area contributed by atoms with Gasteiger partial charge in [-0.05, 0) is 40.9 Å². The van der Waals surface area contributed by atoms with E-state index in [9.17, 15) is 4.79 Å². The summed E-state index contributed by atoms with van der Waals surface area (Å²) in [5.74, 6) is 0.347. The molecule has 0 radical (unpaired) electrons. The minimum atomic E-state index is -0.146. The zero-order valence-electron chi connectivity index (χ0n) is 10.7. The van der Waals surface area contributed by atoms with Crippen LogP contribution in [-0.2, 0) is 6.42 Å². The lowest BCUT2D eigenvalue weighted by Gasteiger charge is -2.09. The lowest BCUT2D eigenvalue weighted by atomic mass is 10.1. The third-order valence-electron chi connectivity index (χ3n) is 2.75. The van der Waals surface area contributed by atoms with Crippen molar-refractivity contribution < 1.29 is 9.53 Å². The number of amides is 1. The van der Waals surface area contributed by atoms with Gasteiger partial charge < -0.3 is 15.8 Å². The van der Waals surface area contributed by atoms with Crippen molar-refractivity contribution in [2.45, 2.75) is 6.42 Å². The predicted molar refractivity (Wildman–Crippen MR) is 77.8 cm³/mol. The van der Waals surface area contributed by atoms with Crippen LogP contribution in [0.4, 0.5) is 5.69 Å². The maximum absolute atomic E-state index is 12.0. The molecule has 0 aliphatic rings. The number of carbonyl (C=O) groups excluding carboxylic acids is 1. The molecule has 0 bridgehead atoms. The van der Waals surface area contributed by atoms with Gasteiger partial charge in [-0.15, -0.1) is 0 Å². The molecular weight excluding hydrogens is 260 g/mol. The number of ether oxygens (including phenoxy) is 1. The number of anilines is 1. The number of nitrogens with two attached hydrogens (primary N) is 1. The van der Waals surface area contributed by atoms with Gasteiger partial charge in [-0.2, -0.15) is 11.3 Å². The van der Waals surface area contributed by atoms with Crippen LogP contribution in [0, 0.1) is 0 Å². The van der Waals surface area contributed by atoms with Crippen LogP contribution >= 0.6 is 11.3 Å². The quantitative estimate of drug-likeness (QED) is 0.824. The average Bonchev–Trinajstić information content (AvgIpc) is 2.91. The molecule has 1 aromatic carbocycles. The van der Waals surface area contributed by atoms with Gasteiger partial charge in [0, 0.05) is 18.3 Å². The van der Waals surface area contributed by atoms with E-state index in [4.69, 9.17) is 10.5 Å². The Hall–Kier alpha value is -2.01. The minimum absolute atomic E-state index is 0.146. The van der Waals surface area contributed by atoms with Gasteiger partial charge >= 0.3 is 0 Å². The zero-order chi connectivity index (χ0) is 13.7. The van der Waals surface area contributed by atoms with Gasteiger partial charge in [0.1, 0.15) is 5.75 Å². The molecule has 2 aromatic rings. The predicted octanol–water partition coefficient (Wildman–Crippen LogP) is 2.31. The number of hydrogen-bond donors (Lipinski definition) is 2. The number of nitrogen functional groups attached to an aromatic ring is 1. The van der Waals surface area contributed by atoms with Crippen LogP contribution in [0.3, 0.4) is 0 Å². The Labute approximate surface area is 116 Å². The third-order valence-corrected chi connectivity index (χ3v) is 3.48. The lowest BCUT2D eigenvalue weighted by molar-refractivity contribution is 0.0951. The fourth-order valence-electron chi connectivity index (χ4n) is 1.75. The molecule has 0 saturated heterocycles. The van der Waals surface area contributed by atoms with E-state index in [1.807, 2.05) is 5.38 Å². The number of rotatable bonds is 5. The molecule has 1 amide bonds. The summed E-state index contributed by atoms with van der Waals surface area (Å²) in [5.41, 5.74) is 7.97. The van der Waals surface area contributed by atoms with E-state index in [-0.39, 0.29) is 5.91 Å². The van der Waals surface area contributed by atoms with Crippen LogP contribution in [0.15, 0.2) is 35.0 Å². The number of thiophene rings is 1. The van der Waals surface area contributed by atoms with Crippen molar-refractivity contribution >= 4 is 22.9 Å². The maximum atomic E-state index is 12.0. The maximum Gasteiger partial charge on any atom is 0.255 e. The van der Waals surface area contributed by atoms with Crippen molar-refractivity contribution in [3.8, 4) is 5.75 Å². The average molecular weight is 276 g/mol. The smallest absolute Gasteiger partial charge is 0.255 e. The van der Waals surface area contributed by atoms with E-state index in [0.29, 0.717) is 23.5 Å². The fourth-order valence-corrected chi connectivity index (χ4v) is 2.45. The van der Waals surface area contributed by atoms with Crippen molar-refractivity contribution in [3.05, 3.63) is 46.2 Å². The highest BCUT2D eigenvalue weighted by molar-refractivity contribution is 7.07. The molecule has 0 unspecified atom stereocenters. The van der Waals surface area contributed by atoms with E-state index in [2.05, 4.69) is 16.8 Å². The summed E-state index contributed by atoms with van der Waals surface area (Å²) in [6.07, 6.45) is 0.826. The third kappa shape index (κ3) is 3.48. The highest BCUT2D eigenvalue weighted by Gasteiger charge is 2.11. The van der Waals surface area contributed by atoms with Crippen molar-refractivity contribution in [1.82, 2.24) is 5.32 Å². The van der Waals surface area contributed by atoms with E-state index < -0.39 is 0 Å². The molecule has 0 saturated carbocycles. The Balaban J connectivity index is 1.96. The van der Waals surface area contributed by atoms with E-state index >= 15 is 0 Å². The van der Waals surface area contributed by atoms with Crippen LogP contribution in [0.1, 0.15) is 15.9 Å². The second kappa shape index (κ2) is 6.24. The number of nitrogens with one attached hydrogen (secondary N) is 1. The first-order valence-corrected chi connectivity index (χ1v) is 6.88. The molecule has 1 heterocycles. The molecule has 0 atom stereocenters. The SMILES string of the molecule is COc1cc(N)ccc1C(=O)NCCc1ccsc1. The number of carbonyl (C=O) groups is 1. The summed E-state index contributed by atoms with van der Waals surface area (Å²) in [6.45, 7) is 0.600. The Kier molecular flexibility index (Phi) is 4.41. The summed E-state index contributed by atoms with van der Waals surface area (Å²) in [6, 6.07) is 7.07. The van der Waals surface area contributed by atoms with E-state index in [1.165, 1.54) is 12.7 Å². The van der Waals surface area contributed by atoms with Crippen LogP contribution in [0.5, 0.6) is 5.75 Å². The number of methoxy groups -OCH3 is 1. The van der Waals surface area contributed by atoms with E-state index in [0.717, 1.165) is 6.42 Å². The van der Waals surface area contributed by atoms with Gasteiger partial charge in [0.05, 0.1) is 12.7 Å². The molecule has 0 aliphatic heterocycles. The molecule has 0 fully saturated rings. The Bertz CT molecular complexity index is 553. The summed E-state index contributed by atoms with van der Waals surface area (Å²) >= 11 is 1.66. The molecular formula is C14H16N2O2S. The number of hydrogen-bond acceptors (Lipinski definition) is 4. The van der Waals surface area contributed by atoms with Gasteiger partial charge in [-0.1, -0.05) is 0 Å². The fraction of sp³-hybridized carbons (Fsp3) is 0.214. The Morgan fingerprint density at radius 3 is 2.95 bits per heavy atom. The summed E-state index contributed by atoms with van der Waals surface area (Å²) in [4.78, 5) is 12.0. The van der Waals surface area contributed by atoms with Crippen LogP contribution in [-0.4, -0.2) is 19.6 Å². The van der Waals surface area contributed by atoms with Gasteiger partial charge in [0.15, 0.2) is 0 Å². The largest absolute Gasteiger partial charge is 0.496 e. The second-order valence-electron chi connectivity index (χ2n) is 4.10. The molecule has 0 aliphatic carbocycles. The highest BCUT2D eigenvalue weighted by Crippen LogP contribution is 2.21. The molecule has 2 rings (SSSR count). The molecule has 1 aromatic heterocycles. The highest BCUT2D eigenvalue weighted by atomic mass is 32.1. The number of benzene rings is 1. The first-order valence-electron chi connectivity index (χ1n) is 5.93. The Morgan fingerprint density at radius 1 is 1.42 bits per heavy atom. The van der Waals surface area contributed by atoms with Crippen LogP contribution in [0.25, 0.3) is 0 Å². The first-order chi connectivity index (χ1) is 9.20. The van der Waals surface area contributed by atoms with Gasteiger partial charge in [0.25, 0.3) is 5.91 Å². The minimum Gasteiger partial charge on any atom is -0.496 e. The van der Waals surface area contributed by atoms with Crippen LogP contribution < -0.4 is 15.8 Å². The van der Waals surface area contributed by atoms with Crippen molar-refractivity contribution in [1.29, 1.82) is 0 Å². The van der Waals surface area contributed by atoms with Crippen LogP contribution in [0.2, 0.25) is 0 Å². The summed E-state index contributed by atoms with van der Waals surface area (Å²) in [7, 11) is 1.52. The molecule has 0 spiro atoms. The second-order valence-corrected chi connectivity index (χ2v) is 4.88. The van der Waals surface area contributed by atoms with Gasteiger partial charge in [-0.25, -0.2) is 0 Å². The summed E-state index contributed by atoms with van der Waals surface area (Å²) < 4.78 is 5.16. The van der Waals surface area contributed by atoms with Gasteiger partial charge in [-0.3, -0.25) is 4.79 Å². The normalized spacial score (nSPS) is 10.2.